The Morgan fingerprint density at radius 3 is 2.95 bits per heavy atom. The average Bonchev–Trinajstić information content (AvgIpc) is 2.51. The van der Waals surface area contributed by atoms with Gasteiger partial charge in [-0.05, 0) is 25.1 Å². The van der Waals surface area contributed by atoms with Crippen molar-refractivity contribution in [3.05, 3.63) is 53.8 Å². The Hall–Kier alpha value is -2.23. The van der Waals surface area contributed by atoms with Crippen molar-refractivity contribution >= 4 is 5.69 Å². The largest absolute Gasteiger partial charge is 0.493 e. The first kappa shape index (κ1) is 13.7. The number of fused-ring (bicyclic) bond motifs is 1. The number of rotatable bonds is 4. The minimum absolute atomic E-state index is 0.132. The molecule has 1 atom stereocenters. The van der Waals surface area contributed by atoms with Gasteiger partial charge < -0.3 is 14.8 Å². The highest BCUT2D eigenvalue weighted by atomic mass is 19.1. The van der Waals surface area contributed by atoms with E-state index in [4.69, 9.17) is 9.47 Å². The van der Waals surface area contributed by atoms with E-state index in [1.165, 1.54) is 6.07 Å². The van der Waals surface area contributed by atoms with Crippen molar-refractivity contribution in [1.29, 1.82) is 0 Å². The van der Waals surface area contributed by atoms with Crippen molar-refractivity contribution in [2.75, 3.05) is 18.5 Å². The standard InChI is InChI=1S/C17H18FNO2/c1-2-20-17-8-7-12(11-14(17)18)19-15-9-10-21-16-6-4-3-5-13(15)16/h3-8,11,15,19H,2,9-10H2,1H3. The molecule has 1 aliphatic rings. The van der Waals surface area contributed by atoms with Gasteiger partial charge in [0, 0.05) is 23.7 Å². The summed E-state index contributed by atoms with van der Waals surface area (Å²) < 4.78 is 24.7. The van der Waals surface area contributed by atoms with E-state index in [1.54, 1.807) is 6.07 Å². The van der Waals surface area contributed by atoms with Gasteiger partial charge >= 0.3 is 0 Å². The molecule has 0 spiro atoms. The van der Waals surface area contributed by atoms with Crippen LogP contribution in [-0.2, 0) is 0 Å². The number of halogens is 1. The molecule has 0 bridgehead atoms. The molecule has 0 radical (unpaired) electrons. The highest BCUT2D eigenvalue weighted by molar-refractivity contribution is 5.51. The van der Waals surface area contributed by atoms with Crippen LogP contribution in [0.1, 0.15) is 24.9 Å². The van der Waals surface area contributed by atoms with Crippen molar-refractivity contribution in [2.24, 2.45) is 0 Å². The maximum atomic E-state index is 13.9. The van der Waals surface area contributed by atoms with E-state index in [1.807, 2.05) is 37.3 Å². The van der Waals surface area contributed by atoms with Crippen LogP contribution < -0.4 is 14.8 Å². The van der Waals surface area contributed by atoms with Gasteiger partial charge in [-0.25, -0.2) is 4.39 Å². The van der Waals surface area contributed by atoms with Gasteiger partial charge in [-0.15, -0.1) is 0 Å². The van der Waals surface area contributed by atoms with Crippen molar-refractivity contribution in [3.8, 4) is 11.5 Å². The molecule has 1 N–H and O–H groups in total. The molecule has 21 heavy (non-hydrogen) atoms. The van der Waals surface area contributed by atoms with Gasteiger partial charge in [0.05, 0.1) is 19.3 Å². The van der Waals surface area contributed by atoms with Crippen molar-refractivity contribution in [1.82, 2.24) is 0 Å². The third-order valence-electron chi connectivity index (χ3n) is 3.53. The maximum Gasteiger partial charge on any atom is 0.167 e. The number of para-hydroxylation sites is 1. The second-order valence-electron chi connectivity index (χ2n) is 4.95. The van der Waals surface area contributed by atoms with Gasteiger partial charge in [-0.1, -0.05) is 18.2 Å². The van der Waals surface area contributed by atoms with Gasteiger partial charge in [0.1, 0.15) is 5.75 Å². The molecule has 3 nitrogen and oxygen atoms in total. The number of nitrogens with one attached hydrogen (secondary N) is 1. The first-order chi connectivity index (χ1) is 10.3. The number of benzene rings is 2. The van der Waals surface area contributed by atoms with Gasteiger partial charge in [0.2, 0.25) is 0 Å². The van der Waals surface area contributed by atoms with E-state index >= 15 is 0 Å². The van der Waals surface area contributed by atoms with Gasteiger partial charge in [0.15, 0.2) is 11.6 Å². The zero-order valence-corrected chi connectivity index (χ0v) is 11.9. The molecule has 0 aliphatic carbocycles. The molecular formula is C17H18FNO2. The van der Waals surface area contributed by atoms with E-state index in [9.17, 15) is 4.39 Å². The van der Waals surface area contributed by atoms with Crippen molar-refractivity contribution in [3.63, 3.8) is 0 Å². The molecule has 4 heteroatoms. The lowest BCUT2D eigenvalue weighted by Gasteiger charge is -2.27. The Morgan fingerprint density at radius 1 is 1.29 bits per heavy atom. The van der Waals surface area contributed by atoms with Crippen LogP contribution in [0.5, 0.6) is 11.5 Å². The van der Waals surface area contributed by atoms with Crippen LogP contribution in [0.25, 0.3) is 0 Å². The quantitative estimate of drug-likeness (QED) is 0.916. The molecule has 3 rings (SSSR count). The molecule has 0 saturated heterocycles. The van der Waals surface area contributed by atoms with Gasteiger partial charge in [-0.3, -0.25) is 0 Å². The summed E-state index contributed by atoms with van der Waals surface area (Å²) in [4.78, 5) is 0. The third kappa shape index (κ3) is 2.94. The minimum Gasteiger partial charge on any atom is -0.493 e. The topological polar surface area (TPSA) is 30.5 Å². The van der Waals surface area contributed by atoms with E-state index in [-0.39, 0.29) is 17.6 Å². The van der Waals surface area contributed by atoms with Crippen LogP contribution in [-0.4, -0.2) is 13.2 Å². The first-order valence-corrected chi connectivity index (χ1v) is 7.18. The van der Waals surface area contributed by atoms with E-state index < -0.39 is 0 Å². The van der Waals surface area contributed by atoms with Crippen LogP contribution >= 0.6 is 0 Å². The summed E-state index contributed by atoms with van der Waals surface area (Å²) in [6.45, 7) is 2.95. The predicted molar refractivity (Wildman–Crippen MR) is 80.5 cm³/mol. The second kappa shape index (κ2) is 6.04. The number of hydrogen-bond donors (Lipinski definition) is 1. The summed E-state index contributed by atoms with van der Waals surface area (Å²) in [7, 11) is 0. The van der Waals surface area contributed by atoms with E-state index in [2.05, 4.69) is 5.32 Å². The Bertz CT molecular complexity index is 630. The summed E-state index contributed by atoms with van der Waals surface area (Å²) in [5.41, 5.74) is 1.86. The first-order valence-electron chi connectivity index (χ1n) is 7.18. The fourth-order valence-corrected chi connectivity index (χ4v) is 2.56. The summed E-state index contributed by atoms with van der Waals surface area (Å²) >= 11 is 0. The molecule has 1 unspecified atom stereocenters. The molecular weight excluding hydrogens is 269 g/mol. The van der Waals surface area contributed by atoms with E-state index in [0.29, 0.717) is 13.2 Å². The molecule has 0 fully saturated rings. The summed E-state index contributed by atoms with van der Waals surface area (Å²) in [5.74, 6) is 0.838. The number of anilines is 1. The van der Waals surface area contributed by atoms with Crippen LogP contribution in [0.15, 0.2) is 42.5 Å². The molecule has 110 valence electrons. The smallest absolute Gasteiger partial charge is 0.167 e. The molecule has 2 aromatic rings. The third-order valence-corrected chi connectivity index (χ3v) is 3.53. The van der Waals surface area contributed by atoms with E-state index in [0.717, 1.165) is 23.4 Å². The fourth-order valence-electron chi connectivity index (χ4n) is 2.56. The summed E-state index contributed by atoms with van der Waals surface area (Å²) in [6.07, 6.45) is 0.853. The Balaban J connectivity index is 1.80. The highest BCUT2D eigenvalue weighted by Crippen LogP contribution is 2.34. The Morgan fingerprint density at radius 2 is 2.14 bits per heavy atom. The monoisotopic (exact) mass is 287 g/mol. The van der Waals surface area contributed by atoms with Gasteiger partial charge in [-0.2, -0.15) is 0 Å². The number of ether oxygens (including phenoxy) is 2. The highest BCUT2D eigenvalue weighted by Gasteiger charge is 2.21. The molecule has 1 heterocycles. The SMILES string of the molecule is CCOc1ccc(NC2CCOc3ccccc32)cc1F. The molecule has 0 saturated carbocycles. The van der Waals surface area contributed by atoms with Crippen LogP contribution in [0.3, 0.4) is 0 Å². The Labute approximate surface area is 123 Å². The normalized spacial score (nSPS) is 16.8. The van der Waals surface area contributed by atoms with Crippen molar-refractivity contribution in [2.45, 2.75) is 19.4 Å². The fraction of sp³-hybridized carbons (Fsp3) is 0.294. The second-order valence-corrected chi connectivity index (χ2v) is 4.95. The van der Waals surface area contributed by atoms with Crippen molar-refractivity contribution < 1.29 is 13.9 Å². The zero-order valence-electron chi connectivity index (χ0n) is 11.9. The zero-order chi connectivity index (χ0) is 14.7. The predicted octanol–water partition coefficient (Wildman–Crippen LogP) is 4.16. The number of hydrogen-bond acceptors (Lipinski definition) is 3. The minimum atomic E-state index is -0.345. The molecule has 1 aliphatic heterocycles. The summed E-state index contributed by atoms with van der Waals surface area (Å²) in [5, 5.41) is 3.37. The lowest BCUT2D eigenvalue weighted by Crippen LogP contribution is -2.20. The lowest BCUT2D eigenvalue weighted by atomic mass is 10.0. The van der Waals surface area contributed by atoms with Crippen LogP contribution in [0.4, 0.5) is 10.1 Å². The van der Waals surface area contributed by atoms with Crippen LogP contribution in [0.2, 0.25) is 0 Å². The molecule has 0 amide bonds. The molecule has 0 aromatic heterocycles. The Kier molecular flexibility index (Phi) is 3.95. The van der Waals surface area contributed by atoms with Crippen LogP contribution in [0, 0.1) is 5.82 Å². The molecule has 2 aromatic carbocycles. The van der Waals surface area contributed by atoms with Gasteiger partial charge in [0.25, 0.3) is 0 Å². The lowest BCUT2D eigenvalue weighted by molar-refractivity contribution is 0.274. The average molecular weight is 287 g/mol. The maximum absolute atomic E-state index is 13.9. The summed E-state index contributed by atoms with van der Waals surface area (Å²) in [6, 6.07) is 13.0.